The first-order valence-corrected chi connectivity index (χ1v) is 5.76. The summed E-state index contributed by atoms with van der Waals surface area (Å²) in [5.41, 5.74) is -1.03. The average Bonchev–Trinajstić information content (AvgIpc) is 2.24. The Balaban J connectivity index is 2.79. The van der Waals surface area contributed by atoms with Crippen LogP contribution in [-0.2, 0) is 4.79 Å². The number of carbonyl (C=O) groups is 2. The van der Waals surface area contributed by atoms with Gasteiger partial charge in [0.1, 0.15) is 0 Å². The van der Waals surface area contributed by atoms with Crippen LogP contribution in [0.15, 0.2) is 12.1 Å². The molecular formula is C13H15F2NO4. The molecule has 0 radical (unpaired) electrons. The largest absolute Gasteiger partial charge is 0.478 e. The lowest BCUT2D eigenvalue weighted by Crippen LogP contribution is -2.43. The van der Waals surface area contributed by atoms with E-state index in [-0.39, 0.29) is 0 Å². The fraction of sp³-hybridized carbons (Fsp3) is 0.385. The molecule has 1 amide bonds. The first kappa shape index (κ1) is 15.9. The van der Waals surface area contributed by atoms with Gasteiger partial charge < -0.3 is 15.2 Å². The summed E-state index contributed by atoms with van der Waals surface area (Å²) in [5, 5.41) is 11.2. The van der Waals surface area contributed by atoms with Crippen LogP contribution in [0.25, 0.3) is 0 Å². The molecule has 1 aromatic carbocycles. The summed E-state index contributed by atoms with van der Waals surface area (Å²) in [6, 6.07) is 1.25. The summed E-state index contributed by atoms with van der Waals surface area (Å²) < 4.78 is 31.8. The molecule has 0 unspecified atom stereocenters. The molecule has 0 heterocycles. The molecule has 0 spiro atoms. The highest BCUT2D eigenvalue weighted by Gasteiger charge is 2.18. The van der Waals surface area contributed by atoms with Crippen molar-refractivity contribution in [1.29, 1.82) is 0 Å². The Morgan fingerprint density at radius 3 is 2.15 bits per heavy atom. The Labute approximate surface area is 114 Å². The third-order valence-electron chi connectivity index (χ3n) is 2.11. The molecule has 0 aliphatic heterocycles. The van der Waals surface area contributed by atoms with E-state index in [1.54, 1.807) is 20.8 Å². The molecule has 0 aliphatic carbocycles. The lowest BCUT2D eigenvalue weighted by Gasteiger charge is -2.20. The normalized spacial score (nSPS) is 11.1. The van der Waals surface area contributed by atoms with E-state index in [1.807, 2.05) is 0 Å². The number of carboxylic acids is 1. The predicted molar refractivity (Wildman–Crippen MR) is 66.7 cm³/mol. The van der Waals surface area contributed by atoms with Crippen molar-refractivity contribution < 1.29 is 28.2 Å². The number of hydrogen-bond donors (Lipinski definition) is 2. The van der Waals surface area contributed by atoms with Crippen molar-refractivity contribution in [1.82, 2.24) is 5.32 Å². The Kier molecular flexibility index (Phi) is 4.65. The van der Waals surface area contributed by atoms with Gasteiger partial charge in [0, 0.05) is 5.54 Å². The summed E-state index contributed by atoms with van der Waals surface area (Å²) in [5.74, 6) is -5.13. The molecule has 0 atom stereocenters. The van der Waals surface area contributed by atoms with Crippen molar-refractivity contribution in [3.05, 3.63) is 29.3 Å². The van der Waals surface area contributed by atoms with Gasteiger partial charge in [-0.25, -0.2) is 13.6 Å². The topological polar surface area (TPSA) is 75.6 Å². The molecule has 5 nitrogen and oxygen atoms in total. The number of ether oxygens (including phenoxy) is 1. The van der Waals surface area contributed by atoms with Crippen LogP contribution in [0.1, 0.15) is 31.1 Å². The average molecular weight is 287 g/mol. The van der Waals surface area contributed by atoms with Crippen molar-refractivity contribution in [2.75, 3.05) is 6.61 Å². The van der Waals surface area contributed by atoms with Gasteiger partial charge in [0.25, 0.3) is 5.91 Å². The molecule has 2 N–H and O–H groups in total. The quantitative estimate of drug-likeness (QED) is 0.887. The highest BCUT2D eigenvalue weighted by Crippen LogP contribution is 2.23. The van der Waals surface area contributed by atoms with Crippen LogP contribution in [0.3, 0.4) is 0 Å². The highest BCUT2D eigenvalue weighted by molar-refractivity contribution is 5.87. The maximum absolute atomic E-state index is 13.5. The number of rotatable bonds is 4. The summed E-state index contributed by atoms with van der Waals surface area (Å²) in [6.07, 6.45) is 0. The van der Waals surface area contributed by atoms with Gasteiger partial charge in [-0.2, -0.15) is 0 Å². The van der Waals surface area contributed by atoms with Crippen LogP contribution in [-0.4, -0.2) is 29.1 Å². The van der Waals surface area contributed by atoms with E-state index in [4.69, 9.17) is 9.84 Å². The summed E-state index contributed by atoms with van der Waals surface area (Å²) >= 11 is 0. The molecule has 1 aromatic rings. The molecule has 0 saturated carbocycles. The minimum atomic E-state index is -1.46. The Morgan fingerprint density at radius 1 is 1.25 bits per heavy atom. The van der Waals surface area contributed by atoms with Crippen LogP contribution in [0.5, 0.6) is 5.75 Å². The lowest BCUT2D eigenvalue weighted by molar-refractivity contribution is -0.124. The number of hydrogen-bond acceptors (Lipinski definition) is 3. The van der Waals surface area contributed by atoms with E-state index < -0.39 is 47.0 Å². The van der Waals surface area contributed by atoms with Crippen molar-refractivity contribution >= 4 is 11.9 Å². The van der Waals surface area contributed by atoms with Gasteiger partial charge in [-0.1, -0.05) is 0 Å². The minimum Gasteiger partial charge on any atom is -0.478 e. The van der Waals surface area contributed by atoms with Gasteiger partial charge >= 0.3 is 5.97 Å². The second-order valence-electron chi connectivity index (χ2n) is 5.16. The van der Waals surface area contributed by atoms with E-state index in [1.165, 1.54) is 0 Å². The first-order valence-electron chi connectivity index (χ1n) is 5.76. The molecular weight excluding hydrogens is 272 g/mol. The van der Waals surface area contributed by atoms with Crippen molar-refractivity contribution in [3.63, 3.8) is 0 Å². The smallest absolute Gasteiger partial charge is 0.335 e. The predicted octanol–water partition coefficient (Wildman–Crippen LogP) is 1.96. The maximum Gasteiger partial charge on any atom is 0.335 e. The molecule has 0 aromatic heterocycles. The van der Waals surface area contributed by atoms with E-state index >= 15 is 0 Å². The number of benzene rings is 1. The number of aromatic carboxylic acids is 1. The van der Waals surface area contributed by atoms with Gasteiger partial charge in [-0.3, -0.25) is 4.79 Å². The lowest BCUT2D eigenvalue weighted by atomic mass is 10.1. The van der Waals surface area contributed by atoms with Gasteiger partial charge in [0.15, 0.2) is 24.0 Å². The Bertz CT molecular complexity index is 515. The van der Waals surface area contributed by atoms with E-state index in [0.717, 1.165) is 0 Å². The Morgan fingerprint density at radius 2 is 1.75 bits per heavy atom. The summed E-state index contributed by atoms with van der Waals surface area (Å²) in [6.45, 7) is 4.66. The zero-order valence-corrected chi connectivity index (χ0v) is 11.3. The van der Waals surface area contributed by atoms with Crippen molar-refractivity contribution in [2.24, 2.45) is 0 Å². The van der Waals surface area contributed by atoms with Crippen molar-refractivity contribution in [2.45, 2.75) is 26.3 Å². The molecule has 0 bridgehead atoms. The summed E-state index contributed by atoms with van der Waals surface area (Å²) in [4.78, 5) is 22.1. The van der Waals surface area contributed by atoms with Gasteiger partial charge in [-0.05, 0) is 32.9 Å². The zero-order valence-electron chi connectivity index (χ0n) is 11.3. The number of amides is 1. The van der Waals surface area contributed by atoms with Crippen LogP contribution in [0.4, 0.5) is 8.78 Å². The Hall–Kier alpha value is -2.18. The second kappa shape index (κ2) is 5.85. The third kappa shape index (κ3) is 4.49. The van der Waals surface area contributed by atoms with Crippen LogP contribution in [0.2, 0.25) is 0 Å². The van der Waals surface area contributed by atoms with Crippen LogP contribution >= 0.6 is 0 Å². The molecule has 110 valence electrons. The number of halogens is 2. The van der Waals surface area contributed by atoms with Crippen LogP contribution in [0, 0.1) is 11.6 Å². The number of carbonyl (C=O) groups excluding carboxylic acids is 1. The standard InChI is InChI=1S/C13H15F2NO4/c1-13(2,3)16-10(17)6-20-11-8(14)4-7(12(18)19)5-9(11)15/h4-5H,6H2,1-3H3,(H,16,17)(H,18,19). The molecule has 0 aliphatic rings. The number of carboxylic acid groups (broad SMARTS) is 1. The minimum absolute atomic E-state index is 0.495. The third-order valence-corrected chi connectivity index (χ3v) is 2.11. The molecule has 7 heteroatoms. The maximum atomic E-state index is 13.5. The highest BCUT2D eigenvalue weighted by atomic mass is 19.1. The molecule has 1 rings (SSSR count). The van der Waals surface area contributed by atoms with Gasteiger partial charge in [-0.15, -0.1) is 0 Å². The number of nitrogens with one attached hydrogen (secondary N) is 1. The molecule has 0 fully saturated rings. The molecule has 20 heavy (non-hydrogen) atoms. The fourth-order valence-corrected chi connectivity index (χ4v) is 1.41. The zero-order chi connectivity index (χ0) is 15.5. The van der Waals surface area contributed by atoms with E-state index in [9.17, 15) is 18.4 Å². The monoisotopic (exact) mass is 287 g/mol. The van der Waals surface area contributed by atoms with Gasteiger partial charge in [0.05, 0.1) is 5.56 Å². The SMILES string of the molecule is CC(C)(C)NC(=O)COc1c(F)cc(C(=O)O)cc1F. The van der Waals surface area contributed by atoms with E-state index in [0.29, 0.717) is 12.1 Å². The first-order chi connectivity index (χ1) is 9.10. The fourth-order valence-electron chi connectivity index (χ4n) is 1.41. The second-order valence-corrected chi connectivity index (χ2v) is 5.16. The molecule has 0 saturated heterocycles. The van der Waals surface area contributed by atoms with Crippen LogP contribution < -0.4 is 10.1 Å². The summed E-state index contributed by atoms with van der Waals surface area (Å²) in [7, 11) is 0. The van der Waals surface area contributed by atoms with Crippen molar-refractivity contribution in [3.8, 4) is 5.75 Å². The van der Waals surface area contributed by atoms with E-state index in [2.05, 4.69) is 5.32 Å². The van der Waals surface area contributed by atoms with Gasteiger partial charge in [0.2, 0.25) is 0 Å².